The van der Waals surface area contributed by atoms with Crippen LogP contribution in [0.1, 0.15) is 0 Å². The molecule has 0 bridgehead atoms. The molecule has 11 heteroatoms. The number of fused-ring (bicyclic) bond motifs is 1. The van der Waals surface area contributed by atoms with Crippen LogP contribution >= 0.6 is 0 Å². The quantitative estimate of drug-likeness (QED) is 0.426. The van der Waals surface area contributed by atoms with Crippen molar-refractivity contribution in [2.45, 2.75) is 6.10 Å². The Bertz CT molecular complexity index is 1020. The number of nitrogens with zero attached hydrogens (tertiary/aromatic N) is 5. The van der Waals surface area contributed by atoms with Crippen LogP contribution in [0.2, 0.25) is 0 Å². The van der Waals surface area contributed by atoms with Crippen molar-refractivity contribution in [2.24, 2.45) is 0 Å². The summed E-state index contributed by atoms with van der Waals surface area (Å²) in [4.78, 5) is 18.8. The lowest BCUT2D eigenvalue weighted by molar-refractivity contribution is 0.00466. The second-order valence-corrected chi connectivity index (χ2v) is 7.00. The topological polar surface area (TPSA) is 172 Å². The Balaban J connectivity index is 1.43. The smallest absolute Gasteiger partial charge is 0.224 e. The van der Waals surface area contributed by atoms with E-state index in [2.05, 4.69) is 24.8 Å². The van der Waals surface area contributed by atoms with Crippen LogP contribution in [0.5, 0.6) is 5.75 Å². The summed E-state index contributed by atoms with van der Waals surface area (Å²) in [5.41, 5.74) is 19.3. The van der Waals surface area contributed by atoms with Gasteiger partial charge in [-0.2, -0.15) is 9.97 Å². The van der Waals surface area contributed by atoms with E-state index in [0.717, 1.165) is 18.7 Å². The Morgan fingerprint density at radius 3 is 2.47 bits per heavy atom. The number of β-amino-alcohol motifs (C(OH)–C–C–N with tert-alkyl or cyclic N) is 1. The highest BCUT2D eigenvalue weighted by Crippen LogP contribution is 2.27. The average Bonchev–Trinajstić information content (AvgIpc) is 2.73. The van der Waals surface area contributed by atoms with Crippen molar-refractivity contribution in [3.63, 3.8) is 0 Å². The second kappa shape index (κ2) is 8.61. The van der Waals surface area contributed by atoms with Gasteiger partial charge in [-0.1, -0.05) is 0 Å². The molecule has 0 aliphatic carbocycles. The fraction of sp³-hybridized carbons (Fsp3) is 0.368. The van der Waals surface area contributed by atoms with Crippen molar-refractivity contribution in [1.29, 1.82) is 0 Å². The van der Waals surface area contributed by atoms with Crippen molar-refractivity contribution < 1.29 is 14.6 Å². The number of benzene rings is 1. The van der Waals surface area contributed by atoms with Crippen molar-refractivity contribution in [3.8, 4) is 17.0 Å². The van der Waals surface area contributed by atoms with Crippen LogP contribution in [-0.4, -0.2) is 75.5 Å². The van der Waals surface area contributed by atoms with E-state index in [4.69, 9.17) is 26.7 Å². The molecule has 0 saturated carbocycles. The predicted octanol–water partition coefficient (Wildman–Crippen LogP) is -0.0947. The first kappa shape index (κ1) is 20.0. The third kappa shape index (κ3) is 4.48. The standard InChI is InChI=1S/C19H24N8O3/c20-16-14(23-15-17(21)25-19(22)26-18(15)24-16)11-1-3-13(4-2-11)30-10-12(28)9-27-5-7-29-8-6-27/h1-4,12,28H,5-10H2,(H6,20,21,22,24,25,26). The minimum Gasteiger partial charge on any atom is -0.491 e. The molecule has 2 aromatic heterocycles. The molecule has 4 rings (SSSR count). The summed E-state index contributed by atoms with van der Waals surface area (Å²) in [6, 6.07) is 7.18. The van der Waals surface area contributed by atoms with Gasteiger partial charge in [-0.3, -0.25) is 4.90 Å². The molecule has 158 valence electrons. The number of aromatic nitrogens is 4. The number of nitrogens with two attached hydrogens (primary N) is 3. The zero-order chi connectivity index (χ0) is 21.1. The number of morpholine rings is 1. The van der Waals surface area contributed by atoms with Crippen molar-refractivity contribution in [1.82, 2.24) is 24.8 Å². The van der Waals surface area contributed by atoms with E-state index in [-0.39, 0.29) is 29.8 Å². The molecule has 3 heterocycles. The van der Waals surface area contributed by atoms with Gasteiger partial charge in [-0.05, 0) is 24.3 Å². The van der Waals surface area contributed by atoms with Gasteiger partial charge in [-0.25, -0.2) is 9.97 Å². The van der Waals surface area contributed by atoms with E-state index < -0.39 is 6.10 Å². The maximum absolute atomic E-state index is 10.2. The number of rotatable bonds is 6. The Morgan fingerprint density at radius 1 is 1.00 bits per heavy atom. The van der Waals surface area contributed by atoms with E-state index >= 15 is 0 Å². The highest BCUT2D eigenvalue weighted by Gasteiger charge is 2.16. The number of hydrogen-bond donors (Lipinski definition) is 4. The lowest BCUT2D eigenvalue weighted by atomic mass is 10.1. The number of aliphatic hydroxyl groups is 1. The lowest BCUT2D eigenvalue weighted by Crippen LogP contribution is -2.42. The first-order valence-electron chi connectivity index (χ1n) is 9.57. The van der Waals surface area contributed by atoms with Gasteiger partial charge in [0.25, 0.3) is 0 Å². The minimum absolute atomic E-state index is 0.0127. The molecule has 1 atom stereocenters. The molecule has 0 radical (unpaired) electrons. The molecule has 0 spiro atoms. The Hall–Kier alpha value is -3.28. The summed E-state index contributed by atoms with van der Waals surface area (Å²) in [6.07, 6.45) is -0.583. The minimum atomic E-state index is -0.583. The lowest BCUT2D eigenvalue weighted by Gasteiger charge is -2.28. The zero-order valence-corrected chi connectivity index (χ0v) is 16.4. The Labute approximate surface area is 172 Å². The van der Waals surface area contributed by atoms with Gasteiger partial charge in [0.2, 0.25) is 5.95 Å². The summed E-state index contributed by atoms with van der Waals surface area (Å²) in [5.74, 6) is 0.983. The van der Waals surface area contributed by atoms with E-state index in [1.165, 1.54) is 0 Å². The van der Waals surface area contributed by atoms with E-state index in [1.54, 1.807) is 12.1 Å². The van der Waals surface area contributed by atoms with Gasteiger partial charge in [0.15, 0.2) is 22.8 Å². The molecule has 30 heavy (non-hydrogen) atoms. The van der Waals surface area contributed by atoms with Crippen molar-refractivity contribution in [2.75, 3.05) is 56.7 Å². The molecule has 1 saturated heterocycles. The Morgan fingerprint density at radius 2 is 1.73 bits per heavy atom. The predicted molar refractivity (Wildman–Crippen MR) is 113 cm³/mol. The van der Waals surface area contributed by atoms with Gasteiger partial charge >= 0.3 is 0 Å². The largest absolute Gasteiger partial charge is 0.491 e. The first-order valence-corrected chi connectivity index (χ1v) is 9.57. The number of ether oxygens (including phenoxy) is 2. The normalized spacial score (nSPS) is 15.9. The van der Waals surface area contributed by atoms with Crippen LogP contribution in [-0.2, 0) is 4.74 Å². The molecule has 1 aliphatic heterocycles. The van der Waals surface area contributed by atoms with E-state index in [0.29, 0.717) is 36.7 Å². The first-order chi connectivity index (χ1) is 14.5. The molecule has 7 N–H and O–H groups in total. The van der Waals surface area contributed by atoms with Gasteiger partial charge < -0.3 is 31.8 Å². The van der Waals surface area contributed by atoms with Gasteiger partial charge in [0.05, 0.1) is 13.2 Å². The fourth-order valence-corrected chi connectivity index (χ4v) is 3.25. The second-order valence-electron chi connectivity index (χ2n) is 7.00. The third-order valence-electron chi connectivity index (χ3n) is 4.75. The van der Waals surface area contributed by atoms with Crippen LogP contribution < -0.4 is 21.9 Å². The van der Waals surface area contributed by atoms with Crippen LogP contribution in [0, 0.1) is 0 Å². The SMILES string of the molecule is Nc1nc(N)c2nc(-c3ccc(OCC(O)CN4CCOCC4)cc3)c(N)nc2n1. The third-order valence-corrected chi connectivity index (χ3v) is 4.75. The molecule has 1 unspecified atom stereocenters. The van der Waals surface area contributed by atoms with Gasteiger partial charge in [0, 0.05) is 25.2 Å². The number of aliphatic hydroxyl groups excluding tert-OH is 1. The van der Waals surface area contributed by atoms with Crippen LogP contribution in [0.25, 0.3) is 22.4 Å². The molecule has 11 nitrogen and oxygen atoms in total. The highest BCUT2D eigenvalue weighted by atomic mass is 16.5. The summed E-state index contributed by atoms with van der Waals surface area (Å²) in [5, 5.41) is 10.2. The van der Waals surface area contributed by atoms with E-state index in [1.807, 2.05) is 12.1 Å². The fourth-order valence-electron chi connectivity index (χ4n) is 3.25. The molecule has 0 amide bonds. The van der Waals surface area contributed by atoms with Gasteiger partial charge in [0.1, 0.15) is 24.2 Å². The van der Waals surface area contributed by atoms with Crippen LogP contribution in [0.15, 0.2) is 24.3 Å². The van der Waals surface area contributed by atoms with E-state index in [9.17, 15) is 5.11 Å². The van der Waals surface area contributed by atoms with Crippen LogP contribution in [0.3, 0.4) is 0 Å². The maximum atomic E-state index is 10.2. The number of hydrogen-bond acceptors (Lipinski definition) is 11. The van der Waals surface area contributed by atoms with Crippen molar-refractivity contribution in [3.05, 3.63) is 24.3 Å². The summed E-state index contributed by atoms with van der Waals surface area (Å²) in [7, 11) is 0. The number of anilines is 3. The van der Waals surface area contributed by atoms with Gasteiger partial charge in [-0.15, -0.1) is 0 Å². The van der Waals surface area contributed by atoms with Crippen LogP contribution in [0.4, 0.5) is 17.6 Å². The molecule has 1 aliphatic rings. The average molecular weight is 412 g/mol. The molecular formula is C19H24N8O3. The summed E-state index contributed by atoms with van der Waals surface area (Å²) >= 11 is 0. The molecule has 1 fully saturated rings. The zero-order valence-electron chi connectivity index (χ0n) is 16.4. The summed E-state index contributed by atoms with van der Waals surface area (Å²) < 4.78 is 11.0. The number of nitrogen functional groups attached to an aromatic ring is 3. The highest BCUT2D eigenvalue weighted by molar-refractivity contribution is 5.87. The Kier molecular flexibility index (Phi) is 5.74. The summed E-state index contributed by atoms with van der Waals surface area (Å²) in [6.45, 7) is 3.79. The monoisotopic (exact) mass is 412 g/mol. The molecule has 3 aromatic rings. The maximum Gasteiger partial charge on any atom is 0.224 e. The van der Waals surface area contributed by atoms with Crippen molar-refractivity contribution >= 4 is 28.7 Å². The molecule has 1 aromatic carbocycles. The molecular weight excluding hydrogens is 388 g/mol.